The van der Waals surface area contributed by atoms with Gasteiger partial charge in [-0.3, -0.25) is 0 Å². The molecule has 14 heteroatoms. The van der Waals surface area contributed by atoms with Crippen LogP contribution in [-0.4, -0.2) is 61.8 Å². The number of alkyl halides is 6. The van der Waals surface area contributed by atoms with Crippen molar-refractivity contribution in [3.63, 3.8) is 0 Å². The largest absolute Gasteiger partial charge is 0.494 e. The van der Waals surface area contributed by atoms with Crippen molar-refractivity contribution in [2.24, 2.45) is 0 Å². The Morgan fingerprint density at radius 3 is 1.39 bits per heavy atom. The number of ether oxygens (including phenoxy) is 5. The molecule has 59 heavy (non-hydrogen) atoms. The van der Waals surface area contributed by atoms with Crippen LogP contribution in [0.15, 0.2) is 84.9 Å². The van der Waals surface area contributed by atoms with Crippen LogP contribution in [-0.2, 0) is 61.8 Å². The van der Waals surface area contributed by atoms with Gasteiger partial charge in [0.05, 0.1) is 30.4 Å². The number of carbonyl (C=O) groups excluding carboxylic acids is 1. The van der Waals surface area contributed by atoms with E-state index < -0.39 is 47.6 Å². The number of rotatable bonds is 22. The van der Waals surface area contributed by atoms with Gasteiger partial charge in [-0.15, -0.1) is 0 Å². The van der Waals surface area contributed by atoms with E-state index in [1.54, 1.807) is 76.2 Å². The Balaban J connectivity index is 1.35. The van der Waals surface area contributed by atoms with Crippen LogP contribution in [0.4, 0.5) is 26.3 Å². The summed E-state index contributed by atoms with van der Waals surface area (Å²) >= 11 is 0. The van der Waals surface area contributed by atoms with Crippen LogP contribution in [0.3, 0.4) is 0 Å². The molecule has 4 aromatic carbocycles. The first-order valence-corrected chi connectivity index (χ1v) is 19.5. The lowest BCUT2D eigenvalue weighted by molar-refractivity contribution is -0.160. The Kier molecular flexibility index (Phi) is 17.2. The van der Waals surface area contributed by atoms with E-state index in [1.165, 1.54) is 24.3 Å². The van der Waals surface area contributed by atoms with E-state index in [1.807, 2.05) is 0 Å². The Morgan fingerprint density at radius 2 is 1.02 bits per heavy atom. The van der Waals surface area contributed by atoms with E-state index in [0.29, 0.717) is 30.1 Å². The summed E-state index contributed by atoms with van der Waals surface area (Å²) in [6.07, 6.45) is -10.6. The number of hydrogen-bond acceptors (Lipinski definition) is 7. The summed E-state index contributed by atoms with van der Waals surface area (Å²) in [7, 11) is 0. The molecule has 0 fully saturated rings. The number of carboxylic acids is 1. The van der Waals surface area contributed by atoms with Crippen LogP contribution in [0.2, 0.25) is 0 Å². The molecule has 1 N–H and O–H groups in total. The van der Waals surface area contributed by atoms with Gasteiger partial charge in [0.2, 0.25) is 0 Å². The normalized spacial score (nSPS) is 12.9. The van der Waals surface area contributed by atoms with E-state index in [2.05, 4.69) is 0 Å². The summed E-state index contributed by atoms with van der Waals surface area (Å²) in [6.45, 7) is 7.77. The molecule has 8 nitrogen and oxygen atoms in total. The predicted molar refractivity (Wildman–Crippen MR) is 209 cm³/mol. The highest BCUT2D eigenvalue weighted by molar-refractivity contribution is 5.75. The van der Waals surface area contributed by atoms with Crippen LogP contribution in [0.1, 0.15) is 73.9 Å². The number of benzene rings is 4. The fourth-order valence-corrected chi connectivity index (χ4v) is 6.39. The van der Waals surface area contributed by atoms with Crippen LogP contribution >= 0.6 is 0 Å². The standard InChI is InChI=1S/C45H50F6O8/c1-5-55-40(42(52)53)25-30-11-19-36(20-12-30)57-23-7-9-32-15-17-34(27-38(32)44(46,47)48)35-18-16-33(39(28-35)45(49,50)51)10-8-24-58-37-21-13-31(14-22-37)26-41(56-6-2)43(54)59-29(3)4/h11-22,27-29,40-41H,5-10,23-26H2,1-4H3,(H,52,53)/t40-,41-/m0/s1. The van der Waals surface area contributed by atoms with Gasteiger partial charge in [0.1, 0.15) is 11.5 Å². The van der Waals surface area contributed by atoms with E-state index in [0.717, 1.165) is 17.7 Å². The molecule has 0 aliphatic carbocycles. The van der Waals surface area contributed by atoms with E-state index in [4.69, 9.17) is 23.7 Å². The molecular weight excluding hydrogens is 782 g/mol. The van der Waals surface area contributed by atoms with Gasteiger partial charge in [-0.2, -0.15) is 26.3 Å². The lowest BCUT2D eigenvalue weighted by Gasteiger charge is -2.18. The van der Waals surface area contributed by atoms with E-state index in [-0.39, 0.29) is 80.3 Å². The van der Waals surface area contributed by atoms with Gasteiger partial charge in [0.15, 0.2) is 12.2 Å². The first-order valence-electron chi connectivity index (χ1n) is 19.5. The van der Waals surface area contributed by atoms with Crippen molar-refractivity contribution in [1.82, 2.24) is 0 Å². The van der Waals surface area contributed by atoms with Gasteiger partial charge in [0, 0.05) is 26.1 Å². The van der Waals surface area contributed by atoms with Gasteiger partial charge in [-0.25, -0.2) is 9.59 Å². The van der Waals surface area contributed by atoms with Crippen molar-refractivity contribution in [2.45, 2.75) is 96.9 Å². The zero-order valence-corrected chi connectivity index (χ0v) is 33.5. The number of carbonyl (C=O) groups is 2. The summed E-state index contributed by atoms with van der Waals surface area (Å²) in [5.74, 6) is -0.579. The second kappa shape index (κ2) is 21.8. The minimum Gasteiger partial charge on any atom is -0.494 e. The molecule has 2 atom stereocenters. The first-order chi connectivity index (χ1) is 28.0. The molecule has 0 aromatic heterocycles. The summed E-state index contributed by atoms with van der Waals surface area (Å²) < 4.78 is 113. The SMILES string of the molecule is CCO[C@@H](Cc1ccc(OCCCc2ccc(-c3ccc(CCCOc4ccc(C[C@H](OCC)C(=O)OC(C)C)cc4)c(C(F)(F)F)c3)cc2C(F)(F)F)cc1)C(=O)O. The number of hydrogen-bond donors (Lipinski definition) is 1. The summed E-state index contributed by atoms with van der Waals surface area (Å²) in [4.78, 5) is 23.7. The molecule has 4 rings (SSSR count). The minimum atomic E-state index is -4.75. The van der Waals surface area contributed by atoms with Crippen molar-refractivity contribution in [3.05, 3.63) is 118 Å². The molecule has 0 saturated carbocycles. The van der Waals surface area contributed by atoms with E-state index in [9.17, 15) is 41.0 Å². The molecule has 0 aliphatic heterocycles. The lowest BCUT2D eigenvalue weighted by atomic mass is 9.93. The zero-order chi connectivity index (χ0) is 43.2. The predicted octanol–water partition coefficient (Wildman–Crippen LogP) is 10.3. The topological polar surface area (TPSA) is 101 Å². The molecule has 0 radical (unpaired) electrons. The molecule has 0 unspecified atom stereocenters. The second-order valence-corrected chi connectivity index (χ2v) is 14.1. The van der Waals surface area contributed by atoms with Crippen molar-refractivity contribution in [2.75, 3.05) is 26.4 Å². The van der Waals surface area contributed by atoms with Gasteiger partial charge < -0.3 is 28.8 Å². The minimum absolute atomic E-state index is 0.000102. The van der Waals surface area contributed by atoms with Gasteiger partial charge >= 0.3 is 24.3 Å². The van der Waals surface area contributed by atoms with Crippen molar-refractivity contribution < 1.29 is 64.7 Å². The fraction of sp³-hybridized carbons (Fsp3) is 0.422. The highest BCUT2D eigenvalue weighted by Gasteiger charge is 2.35. The molecule has 0 amide bonds. The monoisotopic (exact) mass is 832 g/mol. The number of carboxylic acid groups (broad SMARTS) is 1. The molecule has 0 spiro atoms. The molecule has 4 aromatic rings. The lowest BCUT2D eigenvalue weighted by Crippen LogP contribution is -2.30. The maximum atomic E-state index is 14.3. The molecule has 0 saturated heterocycles. The van der Waals surface area contributed by atoms with Crippen molar-refractivity contribution in [3.8, 4) is 22.6 Å². The number of aliphatic carboxylic acids is 1. The molecule has 0 heterocycles. The smallest absolute Gasteiger partial charge is 0.416 e. The third-order valence-corrected chi connectivity index (χ3v) is 9.20. The summed E-state index contributed by atoms with van der Waals surface area (Å²) in [5.41, 5.74) is -0.368. The fourth-order valence-electron chi connectivity index (χ4n) is 6.39. The second-order valence-electron chi connectivity index (χ2n) is 14.1. The third kappa shape index (κ3) is 14.6. The molecular formula is C45H50F6O8. The maximum absolute atomic E-state index is 14.3. The third-order valence-electron chi connectivity index (χ3n) is 9.20. The number of halogens is 6. The maximum Gasteiger partial charge on any atom is 0.416 e. The molecule has 0 aliphatic rings. The molecule has 0 bridgehead atoms. The first kappa shape index (κ1) is 46.6. The Bertz CT molecular complexity index is 1940. The zero-order valence-electron chi connectivity index (χ0n) is 33.5. The highest BCUT2D eigenvalue weighted by Crippen LogP contribution is 2.39. The van der Waals surface area contributed by atoms with Gasteiger partial charge in [0.25, 0.3) is 0 Å². The number of aryl methyl sites for hydroxylation is 2. The molecule has 320 valence electrons. The van der Waals surface area contributed by atoms with Crippen LogP contribution < -0.4 is 9.47 Å². The average Bonchev–Trinajstić information content (AvgIpc) is 3.18. The van der Waals surface area contributed by atoms with Crippen LogP contribution in [0.5, 0.6) is 11.5 Å². The van der Waals surface area contributed by atoms with Crippen LogP contribution in [0.25, 0.3) is 11.1 Å². The number of esters is 1. The summed E-state index contributed by atoms with van der Waals surface area (Å²) in [5, 5.41) is 9.29. The van der Waals surface area contributed by atoms with Crippen molar-refractivity contribution in [1.29, 1.82) is 0 Å². The Morgan fingerprint density at radius 1 is 0.610 bits per heavy atom. The quantitative estimate of drug-likeness (QED) is 0.0475. The van der Waals surface area contributed by atoms with Gasteiger partial charge in [-0.1, -0.05) is 48.5 Å². The van der Waals surface area contributed by atoms with Crippen molar-refractivity contribution >= 4 is 11.9 Å². The van der Waals surface area contributed by atoms with Gasteiger partial charge in [-0.05, 0) is 123 Å². The average molecular weight is 833 g/mol. The highest BCUT2D eigenvalue weighted by atomic mass is 19.4. The Labute approximate surface area is 340 Å². The van der Waals surface area contributed by atoms with E-state index >= 15 is 0 Å². The summed E-state index contributed by atoms with van der Waals surface area (Å²) in [6, 6.07) is 20.7. The Hall–Kier alpha value is -5.08. The van der Waals surface area contributed by atoms with Crippen LogP contribution in [0, 0.1) is 0 Å².